The number of carbonyl (C=O) groups is 1. The fourth-order valence-electron chi connectivity index (χ4n) is 2.03. The summed E-state index contributed by atoms with van der Waals surface area (Å²) in [5, 5.41) is 16.7. The van der Waals surface area contributed by atoms with Crippen molar-refractivity contribution in [3.63, 3.8) is 0 Å². The molecule has 2 aromatic heterocycles. The van der Waals surface area contributed by atoms with Crippen LogP contribution in [0.2, 0.25) is 0 Å². The second-order valence-corrected chi connectivity index (χ2v) is 5.60. The molecule has 0 aliphatic heterocycles. The van der Waals surface area contributed by atoms with E-state index in [2.05, 4.69) is 10.5 Å². The van der Waals surface area contributed by atoms with Crippen LogP contribution in [0.5, 0.6) is 0 Å². The first kappa shape index (κ1) is 15.6. The molecule has 1 amide bonds. The van der Waals surface area contributed by atoms with Crippen molar-refractivity contribution in [2.75, 3.05) is 0 Å². The molecule has 0 unspecified atom stereocenters. The number of furan rings is 1. The van der Waals surface area contributed by atoms with Gasteiger partial charge in [0.25, 0.3) is 11.6 Å². The molecule has 120 valence electrons. The number of benzene rings is 1. The van der Waals surface area contributed by atoms with Crippen molar-refractivity contribution < 1.29 is 14.1 Å². The fourth-order valence-corrected chi connectivity index (χ4v) is 2.64. The highest BCUT2D eigenvalue weighted by Gasteiger charge is 2.16. The van der Waals surface area contributed by atoms with Crippen molar-refractivity contribution in [2.45, 2.75) is 0 Å². The van der Waals surface area contributed by atoms with Gasteiger partial charge in [0.05, 0.1) is 21.6 Å². The van der Waals surface area contributed by atoms with E-state index >= 15 is 0 Å². The van der Waals surface area contributed by atoms with Gasteiger partial charge in [-0.15, -0.1) is 11.3 Å². The molecule has 0 aliphatic rings. The lowest BCUT2D eigenvalue weighted by Gasteiger charge is -1.98. The Kier molecular flexibility index (Phi) is 4.48. The van der Waals surface area contributed by atoms with Crippen LogP contribution in [-0.4, -0.2) is 17.0 Å². The standard InChI is InChI=1S/C16H11N3O4S/c20-16(15-6-3-9-24-15)18-17-10-11-7-8-14(23-11)12-4-1-2-5-13(12)19(21)22/h1-10H,(H,18,20)/b17-10+. The molecule has 0 radical (unpaired) electrons. The van der Waals surface area contributed by atoms with Gasteiger partial charge >= 0.3 is 0 Å². The second-order valence-electron chi connectivity index (χ2n) is 4.65. The summed E-state index contributed by atoms with van der Waals surface area (Å²) >= 11 is 1.31. The molecule has 0 aliphatic carbocycles. The van der Waals surface area contributed by atoms with Gasteiger partial charge < -0.3 is 4.42 Å². The van der Waals surface area contributed by atoms with E-state index in [1.54, 1.807) is 47.8 Å². The molecular weight excluding hydrogens is 330 g/mol. The van der Waals surface area contributed by atoms with Crippen LogP contribution in [-0.2, 0) is 0 Å². The fraction of sp³-hybridized carbons (Fsp3) is 0. The monoisotopic (exact) mass is 341 g/mol. The number of carbonyl (C=O) groups excluding carboxylic acids is 1. The number of amides is 1. The Morgan fingerprint density at radius 3 is 2.79 bits per heavy atom. The van der Waals surface area contributed by atoms with Gasteiger partial charge in [0.2, 0.25) is 0 Å². The zero-order valence-corrected chi connectivity index (χ0v) is 13.0. The van der Waals surface area contributed by atoms with Gasteiger partial charge in [0.15, 0.2) is 0 Å². The van der Waals surface area contributed by atoms with E-state index in [0.29, 0.717) is 22.0 Å². The maximum atomic E-state index is 11.7. The van der Waals surface area contributed by atoms with Crippen LogP contribution >= 0.6 is 11.3 Å². The number of nitrogens with zero attached hydrogens (tertiary/aromatic N) is 2. The SMILES string of the molecule is O=C(N/N=C/c1ccc(-c2ccccc2[N+](=O)[O-])o1)c1cccs1. The minimum atomic E-state index is -0.465. The van der Waals surface area contributed by atoms with Crippen molar-refractivity contribution in [3.8, 4) is 11.3 Å². The molecule has 0 atom stereocenters. The quantitative estimate of drug-likeness (QED) is 0.435. The van der Waals surface area contributed by atoms with Gasteiger partial charge in [-0.05, 0) is 29.6 Å². The molecule has 3 rings (SSSR count). The van der Waals surface area contributed by atoms with Crippen molar-refractivity contribution in [1.29, 1.82) is 0 Å². The molecule has 0 saturated carbocycles. The lowest BCUT2D eigenvalue weighted by Crippen LogP contribution is -2.15. The Hall–Kier alpha value is -3.26. The highest BCUT2D eigenvalue weighted by atomic mass is 32.1. The third-order valence-electron chi connectivity index (χ3n) is 3.10. The van der Waals surface area contributed by atoms with Crippen LogP contribution in [0, 0.1) is 10.1 Å². The van der Waals surface area contributed by atoms with Crippen molar-refractivity contribution in [1.82, 2.24) is 5.43 Å². The minimum Gasteiger partial charge on any atom is -0.455 e. The Morgan fingerprint density at radius 2 is 2.04 bits per heavy atom. The molecule has 8 heteroatoms. The minimum absolute atomic E-state index is 0.0404. The number of para-hydroxylation sites is 1. The highest BCUT2D eigenvalue weighted by molar-refractivity contribution is 7.12. The summed E-state index contributed by atoms with van der Waals surface area (Å²) in [7, 11) is 0. The number of hydrazone groups is 1. The lowest BCUT2D eigenvalue weighted by atomic mass is 10.1. The van der Waals surface area contributed by atoms with E-state index < -0.39 is 4.92 Å². The van der Waals surface area contributed by atoms with Gasteiger partial charge in [-0.25, -0.2) is 5.43 Å². The summed E-state index contributed by atoms with van der Waals surface area (Å²) in [6, 6.07) is 13.0. The maximum Gasteiger partial charge on any atom is 0.281 e. The van der Waals surface area contributed by atoms with Gasteiger partial charge in [-0.3, -0.25) is 14.9 Å². The van der Waals surface area contributed by atoms with E-state index in [1.165, 1.54) is 23.6 Å². The molecule has 0 saturated heterocycles. The predicted octanol–water partition coefficient (Wildman–Crippen LogP) is 3.68. The smallest absolute Gasteiger partial charge is 0.281 e. The first-order valence-corrected chi connectivity index (χ1v) is 7.73. The summed E-state index contributed by atoms with van der Waals surface area (Å²) in [6.07, 6.45) is 1.34. The van der Waals surface area contributed by atoms with Crippen molar-refractivity contribution >= 4 is 29.1 Å². The summed E-state index contributed by atoms with van der Waals surface area (Å²) in [4.78, 5) is 22.9. The Labute approximate surface area is 140 Å². The van der Waals surface area contributed by atoms with E-state index in [9.17, 15) is 14.9 Å². The van der Waals surface area contributed by atoms with Crippen LogP contribution in [0.3, 0.4) is 0 Å². The van der Waals surface area contributed by atoms with E-state index in [4.69, 9.17) is 4.42 Å². The summed E-state index contributed by atoms with van der Waals surface area (Å²) in [5.41, 5.74) is 2.72. The Bertz CT molecular complexity index is 900. The molecule has 7 nitrogen and oxygen atoms in total. The van der Waals surface area contributed by atoms with Gasteiger partial charge in [0.1, 0.15) is 11.5 Å². The zero-order chi connectivity index (χ0) is 16.9. The van der Waals surface area contributed by atoms with Crippen LogP contribution in [0.4, 0.5) is 5.69 Å². The first-order valence-electron chi connectivity index (χ1n) is 6.85. The number of nitro groups is 1. The number of hydrogen-bond acceptors (Lipinski definition) is 6. The topological polar surface area (TPSA) is 97.7 Å². The zero-order valence-electron chi connectivity index (χ0n) is 12.2. The van der Waals surface area contributed by atoms with Crippen molar-refractivity contribution in [3.05, 3.63) is 74.7 Å². The normalized spacial score (nSPS) is 10.8. The lowest BCUT2D eigenvalue weighted by molar-refractivity contribution is -0.384. The molecular formula is C16H11N3O4S. The van der Waals surface area contributed by atoms with Gasteiger partial charge in [-0.2, -0.15) is 5.10 Å². The molecule has 0 spiro atoms. The maximum absolute atomic E-state index is 11.7. The predicted molar refractivity (Wildman–Crippen MR) is 90.2 cm³/mol. The summed E-state index contributed by atoms with van der Waals surface area (Å²) in [6.45, 7) is 0. The number of rotatable bonds is 5. The van der Waals surface area contributed by atoms with Crippen LogP contribution in [0.25, 0.3) is 11.3 Å². The molecule has 1 N–H and O–H groups in total. The van der Waals surface area contributed by atoms with Crippen LogP contribution in [0.1, 0.15) is 15.4 Å². The molecule has 0 bridgehead atoms. The molecule has 0 fully saturated rings. The summed E-state index contributed by atoms with van der Waals surface area (Å²) < 4.78 is 5.53. The van der Waals surface area contributed by atoms with E-state index in [-0.39, 0.29) is 11.6 Å². The Morgan fingerprint density at radius 1 is 1.21 bits per heavy atom. The average molecular weight is 341 g/mol. The first-order chi connectivity index (χ1) is 11.6. The molecule has 1 aromatic carbocycles. The van der Waals surface area contributed by atoms with Gasteiger partial charge in [-0.1, -0.05) is 18.2 Å². The molecule has 2 heterocycles. The third kappa shape index (κ3) is 3.39. The van der Waals surface area contributed by atoms with Crippen LogP contribution in [0.15, 0.2) is 63.4 Å². The average Bonchev–Trinajstić information content (AvgIpc) is 3.26. The van der Waals surface area contributed by atoms with Crippen molar-refractivity contribution in [2.24, 2.45) is 5.10 Å². The van der Waals surface area contributed by atoms with E-state index in [1.807, 2.05) is 0 Å². The molecule has 3 aromatic rings. The van der Waals surface area contributed by atoms with Gasteiger partial charge in [0, 0.05) is 6.07 Å². The largest absolute Gasteiger partial charge is 0.455 e. The highest BCUT2D eigenvalue weighted by Crippen LogP contribution is 2.30. The third-order valence-corrected chi connectivity index (χ3v) is 3.96. The number of nitro benzene ring substituents is 1. The number of nitrogens with one attached hydrogen (secondary N) is 1. The Balaban J connectivity index is 1.73. The molecule has 24 heavy (non-hydrogen) atoms. The van der Waals surface area contributed by atoms with E-state index in [0.717, 1.165) is 0 Å². The summed E-state index contributed by atoms with van der Waals surface area (Å²) in [5.74, 6) is 0.412. The second kappa shape index (κ2) is 6.88. The number of hydrogen-bond donors (Lipinski definition) is 1. The number of thiophene rings is 1. The van der Waals surface area contributed by atoms with Crippen LogP contribution < -0.4 is 5.43 Å².